The highest BCUT2D eigenvalue weighted by atomic mass is 35.5. The quantitative estimate of drug-likeness (QED) is 0.639. The number of thiazole rings is 1. The number of nitrogens with zero attached hydrogens (tertiary/aromatic N) is 3. The second-order valence-corrected chi connectivity index (χ2v) is 6.59. The Balaban J connectivity index is 1.74. The van der Waals surface area contributed by atoms with Gasteiger partial charge in [-0.25, -0.2) is 9.78 Å². The number of aromatic nitrogens is 3. The molecule has 1 aromatic carbocycles. The van der Waals surface area contributed by atoms with Crippen LogP contribution >= 0.6 is 22.9 Å². The number of carbonyl (C=O) groups excluding carboxylic acids is 1. The minimum Gasteiger partial charge on any atom is -0.462 e. The lowest BCUT2D eigenvalue weighted by molar-refractivity contribution is 0.0526. The zero-order valence-electron chi connectivity index (χ0n) is 13.3. The van der Waals surface area contributed by atoms with Crippen molar-refractivity contribution in [1.29, 1.82) is 0 Å². The normalized spacial score (nSPS) is 10.8. The van der Waals surface area contributed by atoms with E-state index in [1.165, 1.54) is 6.20 Å². The first kappa shape index (κ1) is 16.7. The Kier molecular flexibility index (Phi) is 4.97. The lowest BCUT2D eigenvalue weighted by Crippen LogP contribution is -2.04. The summed E-state index contributed by atoms with van der Waals surface area (Å²) in [4.78, 5) is 16.3. The molecule has 2 heterocycles. The summed E-state index contributed by atoms with van der Waals surface area (Å²) in [6.07, 6.45) is 3.18. The summed E-state index contributed by atoms with van der Waals surface area (Å²) in [7, 11) is 0. The van der Waals surface area contributed by atoms with Gasteiger partial charge in [0.2, 0.25) is 0 Å². The van der Waals surface area contributed by atoms with Gasteiger partial charge in [-0.2, -0.15) is 5.10 Å². The van der Waals surface area contributed by atoms with Crippen molar-refractivity contribution >= 4 is 28.9 Å². The van der Waals surface area contributed by atoms with Crippen LogP contribution in [-0.2, 0) is 11.3 Å². The van der Waals surface area contributed by atoms with Gasteiger partial charge in [0.1, 0.15) is 5.01 Å². The number of carbonyl (C=O) groups is 1. The first-order chi connectivity index (χ1) is 11.6. The monoisotopic (exact) mass is 361 g/mol. The largest absolute Gasteiger partial charge is 0.462 e. The van der Waals surface area contributed by atoms with Crippen molar-refractivity contribution in [3.05, 3.63) is 57.1 Å². The molecular formula is C17H16ClN3O2S. The summed E-state index contributed by atoms with van der Waals surface area (Å²) in [5.41, 5.74) is 3.41. The van der Waals surface area contributed by atoms with E-state index in [4.69, 9.17) is 16.3 Å². The molecule has 3 aromatic rings. The Morgan fingerprint density at radius 1 is 1.42 bits per heavy atom. The van der Waals surface area contributed by atoms with Crippen molar-refractivity contribution in [3.63, 3.8) is 0 Å². The first-order valence-electron chi connectivity index (χ1n) is 7.47. The molecule has 0 aliphatic heterocycles. The van der Waals surface area contributed by atoms with Gasteiger partial charge in [-0.15, -0.1) is 11.3 Å². The van der Waals surface area contributed by atoms with Crippen LogP contribution in [0.25, 0.3) is 11.3 Å². The fourth-order valence-corrected chi connectivity index (χ4v) is 3.14. The number of hydrogen-bond donors (Lipinski definition) is 0. The van der Waals surface area contributed by atoms with Crippen molar-refractivity contribution in [2.45, 2.75) is 20.4 Å². The summed E-state index contributed by atoms with van der Waals surface area (Å²) in [6.45, 7) is 4.61. The molecule has 0 aliphatic carbocycles. The maximum absolute atomic E-state index is 11.7. The lowest BCUT2D eigenvalue weighted by Gasteiger charge is -2.01. The molecule has 0 unspecified atom stereocenters. The topological polar surface area (TPSA) is 57.0 Å². The van der Waals surface area contributed by atoms with Crippen molar-refractivity contribution < 1.29 is 9.53 Å². The maximum Gasteiger partial charge on any atom is 0.341 e. The predicted octanol–water partition coefficient (Wildman–Crippen LogP) is 4.19. The molecule has 0 radical (unpaired) electrons. The van der Waals surface area contributed by atoms with Gasteiger partial charge in [0, 0.05) is 22.2 Å². The lowest BCUT2D eigenvalue weighted by atomic mass is 10.1. The van der Waals surface area contributed by atoms with Gasteiger partial charge in [-0.3, -0.25) is 4.68 Å². The van der Waals surface area contributed by atoms with Crippen LogP contribution in [0.5, 0.6) is 0 Å². The molecule has 0 aliphatic rings. The molecule has 0 atom stereocenters. The Bertz CT molecular complexity index is 872. The molecule has 0 fully saturated rings. The molecule has 0 bridgehead atoms. The molecule has 7 heteroatoms. The molecule has 124 valence electrons. The number of halogens is 1. The fraction of sp³-hybridized carbons (Fsp3) is 0.235. The number of hydrogen-bond acceptors (Lipinski definition) is 5. The van der Waals surface area contributed by atoms with Crippen LogP contribution < -0.4 is 0 Å². The van der Waals surface area contributed by atoms with Gasteiger partial charge in [-0.05, 0) is 31.5 Å². The molecule has 5 nitrogen and oxygen atoms in total. The van der Waals surface area contributed by atoms with Crippen LogP contribution in [0.1, 0.15) is 27.9 Å². The fourth-order valence-electron chi connectivity index (χ4n) is 2.23. The third-order valence-electron chi connectivity index (χ3n) is 3.45. The first-order valence-corrected chi connectivity index (χ1v) is 8.73. The Hall–Kier alpha value is -2.18. The van der Waals surface area contributed by atoms with E-state index in [-0.39, 0.29) is 5.97 Å². The molecule has 2 aromatic heterocycles. The molecule has 24 heavy (non-hydrogen) atoms. The highest BCUT2D eigenvalue weighted by molar-refractivity contribution is 7.09. The third kappa shape index (κ3) is 3.66. The Morgan fingerprint density at radius 3 is 3.00 bits per heavy atom. The van der Waals surface area contributed by atoms with Gasteiger partial charge in [0.25, 0.3) is 0 Å². The number of esters is 1. The number of aryl methyl sites for hydroxylation is 1. The molecule has 0 N–H and O–H groups in total. The summed E-state index contributed by atoms with van der Waals surface area (Å²) in [6, 6.07) is 5.86. The summed E-state index contributed by atoms with van der Waals surface area (Å²) in [5.74, 6) is -0.361. The van der Waals surface area contributed by atoms with Gasteiger partial charge in [-0.1, -0.05) is 17.7 Å². The number of ether oxygens (including phenoxy) is 1. The summed E-state index contributed by atoms with van der Waals surface area (Å²) in [5, 5.41) is 7.86. The SMILES string of the molecule is CCOC(=O)c1cnn(Cc2nc(-c3ccc(Cl)c(C)c3)cs2)c1. The zero-order chi connectivity index (χ0) is 17.1. The summed E-state index contributed by atoms with van der Waals surface area (Å²) < 4.78 is 6.64. The van der Waals surface area contributed by atoms with E-state index >= 15 is 0 Å². The van der Waals surface area contributed by atoms with Gasteiger partial charge >= 0.3 is 5.97 Å². The van der Waals surface area contributed by atoms with Gasteiger partial charge < -0.3 is 4.74 Å². The van der Waals surface area contributed by atoms with E-state index in [2.05, 4.69) is 10.1 Å². The minimum atomic E-state index is -0.361. The highest BCUT2D eigenvalue weighted by Crippen LogP contribution is 2.26. The van der Waals surface area contributed by atoms with Crippen LogP contribution in [-0.4, -0.2) is 27.3 Å². The Morgan fingerprint density at radius 2 is 2.25 bits per heavy atom. The minimum absolute atomic E-state index is 0.348. The highest BCUT2D eigenvalue weighted by Gasteiger charge is 2.11. The molecule has 3 rings (SSSR count). The Labute approximate surface area is 148 Å². The average molecular weight is 362 g/mol. The predicted molar refractivity (Wildman–Crippen MR) is 94.6 cm³/mol. The van der Waals surface area contributed by atoms with Crippen molar-refractivity contribution in [1.82, 2.24) is 14.8 Å². The maximum atomic E-state index is 11.7. The van der Waals surface area contributed by atoms with Crippen LogP contribution in [0.2, 0.25) is 5.02 Å². The van der Waals surface area contributed by atoms with E-state index < -0.39 is 0 Å². The smallest absolute Gasteiger partial charge is 0.341 e. The van der Waals surface area contributed by atoms with E-state index in [0.29, 0.717) is 18.7 Å². The van der Waals surface area contributed by atoms with Crippen molar-refractivity contribution in [2.24, 2.45) is 0 Å². The van der Waals surface area contributed by atoms with Crippen LogP contribution in [0.3, 0.4) is 0 Å². The van der Waals surface area contributed by atoms with E-state index in [0.717, 1.165) is 26.9 Å². The zero-order valence-corrected chi connectivity index (χ0v) is 14.9. The van der Waals surface area contributed by atoms with Gasteiger partial charge in [0.05, 0.1) is 30.6 Å². The van der Waals surface area contributed by atoms with Crippen molar-refractivity contribution in [3.8, 4) is 11.3 Å². The standard InChI is InChI=1S/C17H16ClN3O2S/c1-3-23-17(22)13-7-19-21(8-13)9-16-20-15(10-24-16)12-4-5-14(18)11(2)6-12/h4-8,10H,3,9H2,1-2H3. The number of benzene rings is 1. The van der Waals surface area contributed by atoms with Gasteiger partial charge in [0.15, 0.2) is 0 Å². The second kappa shape index (κ2) is 7.15. The van der Waals surface area contributed by atoms with Crippen LogP contribution in [0, 0.1) is 6.92 Å². The second-order valence-electron chi connectivity index (χ2n) is 5.24. The van der Waals surface area contributed by atoms with Crippen LogP contribution in [0.4, 0.5) is 0 Å². The molecule has 0 amide bonds. The van der Waals surface area contributed by atoms with E-state index in [1.54, 1.807) is 29.1 Å². The molecular weight excluding hydrogens is 346 g/mol. The molecule has 0 saturated carbocycles. The number of rotatable bonds is 5. The average Bonchev–Trinajstić information content (AvgIpc) is 3.20. The molecule has 0 saturated heterocycles. The third-order valence-corrected chi connectivity index (χ3v) is 4.70. The molecule has 0 spiro atoms. The summed E-state index contributed by atoms with van der Waals surface area (Å²) >= 11 is 7.62. The van der Waals surface area contributed by atoms with E-state index in [1.807, 2.05) is 30.5 Å². The van der Waals surface area contributed by atoms with Crippen LogP contribution in [0.15, 0.2) is 36.0 Å². The van der Waals surface area contributed by atoms with E-state index in [9.17, 15) is 4.79 Å². The van der Waals surface area contributed by atoms with Crippen molar-refractivity contribution in [2.75, 3.05) is 6.61 Å².